The molecule has 0 aliphatic carbocycles. The van der Waals surface area contributed by atoms with Crippen molar-refractivity contribution < 1.29 is 22.7 Å². The van der Waals surface area contributed by atoms with E-state index in [2.05, 4.69) is 4.98 Å². The van der Waals surface area contributed by atoms with Crippen molar-refractivity contribution in [2.75, 3.05) is 13.2 Å². The molecule has 1 fully saturated rings. The van der Waals surface area contributed by atoms with E-state index in [-0.39, 0.29) is 18.7 Å². The summed E-state index contributed by atoms with van der Waals surface area (Å²) >= 11 is 0. The van der Waals surface area contributed by atoms with Gasteiger partial charge >= 0.3 is 6.18 Å². The van der Waals surface area contributed by atoms with Crippen LogP contribution in [0.25, 0.3) is 0 Å². The quantitative estimate of drug-likeness (QED) is 0.785. The van der Waals surface area contributed by atoms with Gasteiger partial charge in [-0.1, -0.05) is 0 Å². The predicted octanol–water partition coefficient (Wildman–Crippen LogP) is 1.87. The van der Waals surface area contributed by atoms with Crippen LogP contribution in [0.1, 0.15) is 17.3 Å². The van der Waals surface area contributed by atoms with Crippen molar-refractivity contribution in [3.8, 4) is 0 Å². The maximum atomic E-state index is 13.0. The molecule has 0 aromatic carbocycles. The third-order valence-corrected chi connectivity index (χ3v) is 3.00. The van der Waals surface area contributed by atoms with Crippen LogP contribution in [-0.4, -0.2) is 47.3 Å². The molecule has 0 spiro atoms. The van der Waals surface area contributed by atoms with Crippen molar-refractivity contribution in [3.05, 3.63) is 30.1 Å². The van der Waals surface area contributed by atoms with Crippen LogP contribution in [0.2, 0.25) is 0 Å². The highest BCUT2D eigenvalue weighted by atomic mass is 19.4. The molecule has 1 aliphatic heterocycles. The van der Waals surface area contributed by atoms with Crippen LogP contribution in [0.3, 0.4) is 0 Å². The molecule has 7 heteroatoms. The monoisotopic (exact) mass is 274 g/mol. The van der Waals surface area contributed by atoms with Gasteiger partial charge in [-0.05, 0) is 19.1 Å². The summed E-state index contributed by atoms with van der Waals surface area (Å²) in [4.78, 5) is 16.7. The molecule has 4 nitrogen and oxygen atoms in total. The van der Waals surface area contributed by atoms with Crippen LogP contribution in [0, 0.1) is 0 Å². The lowest BCUT2D eigenvalue weighted by molar-refractivity contribution is -0.220. The first-order valence-corrected chi connectivity index (χ1v) is 5.80. The molecule has 2 rings (SSSR count). The molecule has 104 valence electrons. The summed E-state index contributed by atoms with van der Waals surface area (Å²) in [5.41, 5.74) is 0.144. The van der Waals surface area contributed by atoms with Crippen molar-refractivity contribution >= 4 is 5.91 Å². The van der Waals surface area contributed by atoms with Crippen LogP contribution >= 0.6 is 0 Å². The smallest absolute Gasteiger partial charge is 0.374 e. The molecule has 1 aromatic heterocycles. The Morgan fingerprint density at radius 1 is 1.53 bits per heavy atom. The molecule has 0 N–H and O–H groups in total. The van der Waals surface area contributed by atoms with Gasteiger partial charge in [-0.2, -0.15) is 13.2 Å². The number of halogens is 3. The molecule has 0 bridgehead atoms. The van der Waals surface area contributed by atoms with Crippen molar-refractivity contribution in [1.29, 1.82) is 0 Å². The number of carbonyl (C=O) groups is 1. The number of amides is 1. The molecular weight excluding hydrogens is 261 g/mol. The number of pyridine rings is 1. The third-order valence-electron chi connectivity index (χ3n) is 3.00. The van der Waals surface area contributed by atoms with Crippen molar-refractivity contribution in [2.45, 2.75) is 25.2 Å². The van der Waals surface area contributed by atoms with E-state index in [0.717, 1.165) is 4.90 Å². The largest absolute Gasteiger partial charge is 0.411 e. The minimum Gasteiger partial charge on any atom is -0.374 e. The molecule has 1 saturated heterocycles. The third kappa shape index (κ3) is 2.86. The number of hydrogen-bond acceptors (Lipinski definition) is 3. The zero-order valence-corrected chi connectivity index (χ0v) is 10.2. The Labute approximate surface area is 108 Å². The van der Waals surface area contributed by atoms with E-state index >= 15 is 0 Å². The Kier molecular flexibility index (Phi) is 3.75. The van der Waals surface area contributed by atoms with E-state index in [9.17, 15) is 18.0 Å². The zero-order chi connectivity index (χ0) is 14.0. The molecule has 0 unspecified atom stereocenters. The van der Waals surface area contributed by atoms with E-state index in [1.807, 2.05) is 0 Å². The molecule has 1 aromatic rings. The summed E-state index contributed by atoms with van der Waals surface area (Å²) in [6, 6.07) is 1.04. The van der Waals surface area contributed by atoms with Crippen LogP contribution in [0.5, 0.6) is 0 Å². The van der Waals surface area contributed by atoms with Gasteiger partial charge in [-0.15, -0.1) is 0 Å². The van der Waals surface area contributed by atoms with Gasteiger partial charge in [-0.25, -0.2) is 0 Å². The normalized spacial score (nSPS) is 24.3. The van der Waals surface area contributed by atoms with Crippen molar-refractivity contribution in [3.63, 3.8) is 0 Å². The van der Waals surface area contributed by atoms with E-state index < -0.39 is 24.2 Å². The number of morpholine rings is 1. The first kappa shape index (κ1) is 13.8. The topological polar surface area (TPSA) is 42.4 Å². The Morgan fingerprint density at radius 2 is 2.26 bits per heavy atom. The highest BCUT2D eigenvalue weighted by molar-refractivity contribution is 5.94. The maximum absolute atomic E-state index is 13.0. The summed E-state index contributed by atoms with van der Waals surface area (Å²) in [6.07, 6.45) is -2.87. The minimum absolute atomic E-state index is 0.0811. The van der Waals surface area contributed by atoms with Gasteiger partial charge in [0.1, 0.15) is 0 Å². The lowest BCUT2D eigenvalue weighted by Gasteiger charge is -2.40. The summed E-state index contributed by atoms with van der Waals surface area (Å²) in [5, 5.41) is 0. The Hall–Kier alpha value is -1.63. The van der Waals surface area contributed by atoms with Gasteiger partial charge in [0.25, 0.3) is 5.91 Å². The molecule has 0 saturated carbocycles. The van der Waals surface area contributed by atoms with E-state index in [0.29, 0.717) is 0 Å². The second-order valence-electron chi connectivity index (χ2n) is 4.30. The Bertz CT molecular complexity index is 450. The van der Waals surface area contributed by atoms with Gasteiger partial charge in [0.05, 0.1) is 18.3 Å². The lowest BCUT2D eigenvalue weighted by atomic mass is 10.1. The molecule has 2 heterocycles. The second kappa shape index (κ2) is 5.16. The first-order chi connectivity index (χ1) is 8.91. The summed E-state index contributed by atoms with van der Waals surface area (Å²) in [5.74, 6) is -0.675. The summed E-state index contributed by atoms with van der Waals surface area (Å²) in [7, 11) is 0. The minimum atomic E-state index is -4.52. The number of alkyl halides is 3. The molecule has 2 atom stereocenters. The fourth-order valence-corrected chi connectivity index (χ4v) is 2.15. The molecule has 1 amide bonds. The van der Waals surface area contributed by atoms with Crippen LogP contribution in [0.15, 0.2) is 24.5 Å². The summed E-state index contributed by atoms with van der Waals surface area (Å²) < 4.78 is 44.1. The molecule has 0 radical (unpaired) electrons. The molecular formula is C12H13F3N2O2. The van der Waals surface area contributed by atoms with Crippen molar-refractivity contribution in [2.24, 2.45) is 0 Å². The number of hydrogen-bond donors (Lipinski definition) is 0. The summed E-state index contributed by atoms with van der Waals surface area (Å²) in [6.45, 7) is 1.34. The van der Waals surface area contributed by atoms with Gasteiger partial charge < -0.3 is 9.64 Å². The van der Waals surface area contributed by atoms with E-state index in [4.69, 9.17) is 4.74 Å². The zero-order valence-electron chi connectivity index (χ0n) is 10.2. The second-order valence-corrected chi connectivity index (χ2v) is 4.30. The predicted molar refractivity (Wildman–Crippen MR) is 60.5 cm³/mol. The van der Waals surface area contributed by atoms with Crippen molar-refractivity contribution in [1.82, 2.24) is 9.88 Å². The fourth-order valence-electron chi connectivity index (χ4n) is 2.15. The maximum Gasteiger partial charge on any atom is 0.411 e. The SMILES string of the molecule is C[C@@H]1OCCN(C(=O)c2cccnc2)[C@@H]1C(F)(F)F. The highest BCUT2D eigenvalue weighted by Gasteiger charge is 2.50. The fraction of sp³-hybridized carbons (Fsp3) is 0.500. The average Bonchev–Trinajstić information content (AvgIpc) is 2.37. The Morgan fingerprint density at radius 3 is 2.84 bits per heavy atom. The van der Waals surface area contributed by atoms with E-state index in [1.165, 1.54) is 31.5 Å². The highest BCUT2D eigenvalue weighted by Crippen LogP contribution is 2.31. The van der Waals surface area contributed by atoms with Crippen LogP contribution in [-0.2, 0) is 4.74 Å². The average molecular weight is 274 g/mol. The van der Waals surface area contributed by atoms with Gasteiger partial charge in [-0.3, -0.25) is 9.78 Å². The van der Waals surface area contributed by atoms with Crippen LogP contribution < -0.4 is 0 Å². The van der Waals surface area contributed by atoms with Crippen LogP contribution in [0.4, 0.5) is 13.2 Å². The van der Waals surface area contributed by atoms with Gasteiger partial charge in [0, 0.05) is 18.9 Å². The lowest BCUT2D eigenvalue weighted by Crippen LogP contribution is -2.59. The number of nitrogens with zero attached hydrogens (tertiary/aromatic N) is 2. The number of carbonyl (C=O) groups excluding carboxylic acids is 1. The van der Waals surface area contributed by atoms with Gasteiger partial charge in [0.2, 0.25) is 0 Å². The molecule has 19 heavy (non-hydrogen) atoms. The standard InChI is InChI=1S/C12H13F3N2O2/c1-8-10(12(13,14)15)17(5-6-19-8)11(18)9-3-2-4-16-7-9/h2-4,7-8,10H,5-6H2,1H3/t8-,10-/m0/s1. The number of rotatable bonds is 1. The number of ether oxygens (including phenoxy) is 1. The Balaban J connectivity index is 2.28. The van der Waals surface area contributed by atoms with E-state index in [1.54, 1.807) is 0 Å². The first-order valence-electron chi connectivity index (χ1n) is 5.80. The number of aromatic nitrogens is 1. The molecule has 1 aliphatic rings. The van der Waals surface area contributed by atoms with Gasteiger partial charge in [0.15, 0.2) is 6.04 Å².